The Balaban J connectivity index is 2.58. The summed E-state index contributed by atoms with van der Waals surface area (Å²) in [7, 11) is 0. The fourth-order valence-electron chi connectivity index (χ4n) is 0.593. The lowest BCUT2D eigenvalue weighted by atomic mass is 10.6. The zero-order valence-electron chi connectivity index (χ0n) is 5.93. The molecular weight excluding hydrogens is 228 g/mol. The summed E-state index contributed by atoms with van der Waals surface area (Å²) < 4.78 is 2.61. The number of thiophene rings is 1. The van der Waals surface area contributed by atoms with E-state index in [4.69, 9.17) is 0 Å². The number of halogens is 1. The highest BCUT2D eigenvalue weighted by molar-refractivity contribution is 9.11. The van der Waals surface area contributed by atoms with Gasteiger partial charge in [-0.25, -0.2) is 0 Å². The van der Waals surface area contributed by atoms with Crippen molar-refractivity contribution in [3.8, 4) is 0 Å². The minimum absolute atomic E-state index is 0.686. The van der Waals surface area contributed by atoms with Gasteiger partial charge in [0.15, 0.2) is 0 Å². The third-order valence-corrected chi connectivity index (χ3v) is 3.70. The maximum atomic E-state index is 3.43. The van der Waals surface area contributed by atoms with E-state index in [0.29, 0.717) is 5.25 Å². The van der Waals surface area contributed by atoms with Gasteiger partial charge in [-0.15, -0.1) is 23.1 Å². The number of thioether (sulfide) groups is 1. The molecule has 0 bridgehead atoms. The Bertz CT molecular complexity index is 205. The predicted molar refractivity (Wildman–Crippen MR) is 53.0 cm³/mol. The van der Waals surface area contributed by atoms with Crippen molar-refractivity contribution in [3.63, 3.8) is 0 Å². The van der Waals surface area contributed by atoms with E-state index >= 15 is 0 Å². The molecule has 0 nitrogen and oxygen atoms in total. The number of hydrogen-bond acceptors (Lipinski definition) is 2. The second-order valence-electron chi connectivity index (χ2n) is 2.23. The summed E-state index contributed by atoms with van der Waals surface area (Å²) in [4.78, 5) is 0. The quantitative estimate of drug-likeness (QED) is 0.700. The Morgan fingerprint density at radius 2 is 2.20 bits per heavy atom. The zero-order chi connectivity index (χ0) is 7.56. The van der Waals surface area contributed by atoms with Gasteiger partial charge in [-0.1, -0.05) is 13.8 Å². The lowest BCUT2D eigenvalue weighted by Gasteiger charge is -1.98. The molecule has 0 unspecified atom stereocenters. The van der Waals surface area contributed by atoms with Crippen molar-refractivity contribution < 1.29 is 0 Å². The van der Waals surface area contributed by atoms with E-state index in [2.05, 4.69) is 41.9 Å². The molecule has 3 heteroatoms. The third-order valence-electron chi connectivity index (χ3n) is 0.900. The van der Waals surface area contributed by atoms with Gasteiger partial charge in [0.25, 0.3) is 0 Å². The van der Waals surface area contributed by atoms with Crippen molar-refractivity contribution in [2.45, 2.75) is 23.3 Å². The molecule has 0 aliphatic heterocycles. The molecule has 0 spiro atoms. The van der Waals surface area contributed by atoms with Gasteiger partial charge in [0, 0.05) is 5.25 Å². The van der Waals surface area contributed by atoms with Crippen molar-refractivity contribution in [1.82, 2.24) is 0 Å². The predicted octanol–water partition coefficient (Wildman–Crippen LogP) is 4.01. The molecule has 1 aromatic rings. The van der Waals surface area contributed by atoms with Gasteiger partial charge in [-0.3, -0.25) is 0 Å². The molecule has 56 valence electrons. The van der Waals surface area contributed by atoms with Crippen LogP contribution in [-0.4, -0.2) is 5.25 Å². The van der Waals surface area contributed by atoms with Gasteiger partial charge in [0.2, 0.25) is 0 Å². The first-order chi connectivity index (χ1) is 4.68. The van der Waals surface area contributed by atoms with E-state index in [1.54, 1.807) is 11.3 Å². The average Bonchev–Trinajstić information content (AvgIpc) is 2.13. The average molecular weight is 237 g/mol. The minimum Gasteiger partial charge on any atom is -0.122 e. The highest BCUT2D eigenvalue weighted by Gasteiger charge is 1.99. The fraction of sp³-hybridized carbons (Fsp3) is 0.429. The molecule has 1 heterocycles. The van der Waals surface area contributed by atoms with Crippen LogP contribution in [0.5, 0.6) is 0 Å². The first-order valence-electron chi connectivity index (χ1n) is 3.10. The van der Waals surface area contributed by atoms with Crippen LogP contribution in [0.25, 0.3) is 0 Å². The molecule has 0 amide bonds. The van der Waals surface area contributed by atoms with Crippen LogP contribution in [0.15, 0.2) is 20.1 Å². The molecular formula is C7H9BrS2. The summed E-state index contributed by atoms with van der Waals surface area (Å²) in [5.41, 5.74) is 0. The SMILES string of the molecule is CC(C)Sc1ccc(Br)s1. The second kappa shape index (κ2) is 3.79. The van der Waals surface area contributed by atoms with Gasteiger partial charge in [-0.2, -0.15) is 0 Å². The Morgan fingerprint density at radius 1 is 1.50 bits per heavy atom. The maximum Gasteiger partial charge on any atom is 0.0710 e. The van der Waals surface area contributed by atoms with Gasteiger partial charge in [0.1, 0.15) is 0 Å². The van der Waals surface area contributed by atoms with Crippen molar-refractivity contribution in [2.24, 2.45) is 0 Å². The molecule has 1 rings (SSSR count). The molecule has 0 saturated heterocycles. The largest absolute Gasteiger partial charge is 0.122 e. The van der Waals surface area contributed by atoms with Crippen LogP contribution < -0.4 is 0 Å². The minimum atomic E-state index is 0.686. The third kappa shape index (κ3) is 2.64. The van der Waals surface area contributed by atoms with Gasteiger partial charge >= 0.3 is 0 Å². The monoisotopic (exact) mass is 236 g/mol. The summed E-state index contributed by atoms with van der Waals surface area (Å²) in [6.07, 6.45) is 0. The Labute approximate surface area is 78.2 Å². The second-order valence-corrected chi connectivity index (χ2v) is 6.56. The van der Waals surface area contributed by atoms with Crippen molar-refractivity contribution >= 4 is 39.0 Å². The van der Waals surface area contributed by atoms with E-state index in [1.165, 1.54) is 8.00 Å². The smallest absolute Gasteiger partial charge is 0.0710 e. The van der Waals surface area contributed by atoms with Crippen LogP contribution >= 0.6 is 39.0 Å². The highest BCUT2D eigenvalue weighted by Crippen LogP contribution is 2.32. The Hall–Kier alpha value is 0.530. The molecule has 0 fully saturated rings. The van der Waals surface area contributed by atoms with Crippen LogP contribution in [0.1, 0.15) is 13.8 Å². The molecule has 0 atom stereocenters. The van der Waals surface area contributed by atoms with Gasteiger partial charge in [-0.05, 0) is 28.1 Å². The lowest BCUT2D eigenvalue weighted by molar-refractivity contribution is 1.11. The van der Waals surface area contributed by atoms with Crippen LogP contribution in [0.4, 0.5) is 0 Å². The molecule has 0 aliphatic rings. The summed E-state index contributed by atoms with van der Waals surface area (Å²) in [6.45, 7) is 4.41. The standard InChI is InChI=1S/C7H9BrS2/c1-5(2)9-7-4-3-6(8)10-7/h3-5H,1-2H3. The molecule has 0 aliphatic carbocycles. The van der Waals surface area contributed by atoms with Gasteiger partial charge < -0.3 is 0 Å². The van der Waals surface area contributed by atoms with E-state index in [1.807, 2.05) is 11.8 Å². The first kappa shape index (κ1) is 8.62. The number of rotatable bonds is 2. The maximum absolute atomic E-state index is 3.43. The molecule has 10 heavy (non-hydrogen) atoms. The number of hydrogen-bond donors (Lipinski definition) is 0. The van der Waals surface area contributed by atoms with Crippen molar-refractivity contribution in [3.05, 3.63) is 15.9 Å². The zero-order valence-corrected chi connectivity index (χ0v) is 9.15. The molecule has 1 aromatic heterocycles. The van der Waals surface area contributed by atoms with Crippen molar-refractivity contribution in [2.75, 3.05) is 0 Å². The molecule has 0 aromatic carbocycles. The normalized spacial score (nSPS) is 10.8. The van der Waals surface area contributed by atoms with Crippen molar-refractivity contribution in [1.29, 1.82) is 0 Å². The van der Waals surface area contributed by atoms with E-state index < -0.39 is 0 Å². The van der Waals surface area contributed by atoms with Crippen LogP contribution in [0, 0.1) is 0 Å². The first-order valence-corrected chi connectivity index (χ1v) is 5.59. The summed E-state index contributed by atoms with van der Waals surface area (Å²) in [6, 6.07) is 4.24. The summed E-state index contributed by atoms with van der Waals surface area (Å²) >= 11 is 7.13. The van der Waals surface area contributed by atoms with E-state index in [0.717, 1.165) is 0 Å². The lowest BCUT2D eigenvalue weighted by Crippen LogP contribution is -1.81. The molecule has 0 radical (unpaired) electrons. The molecule has 0 saturated carbocycles. The van der Waals surface area contributed by atoms with E-state index in [-0.39, 0.29) is 0 Å². The highest BCUT2D eigenvalue weighted by atomic mass is 79.9. The van der Waals surface area contributed by atoms with Crippen LogP contribution in [0.3, 0.4) is 0 Å². The summed E-state index contributed by atoms with van der Waals surface area (Å²) in [5.74, 6) is 0. The van der Waals surface area contributed by atoms with Gasteiger partial charge in [0.05, 0.1) is 8.00 Å². The summed E-state index contributed by atoms with van der Waals surface area (Å²) in [5, 5.41) is 0.686. The molecule has 0 N–H and O–H groups in total. The van der Waals surface area contributed by atoms with Crippen LogP contribution in [-0.2, 0) is 0 Å². The Kier molecular flexibility index (Phi) is 3.27. The Morgan fingerprint density at radius 3 is 2.60 bits per heavy atom. The topological polar surface area (TPSA) is 0 Å². The van der Waals surface area contributed by atoms with E-state index in [9.17, 15) is 0 Å². The fourth-order valence-corrected chi connectivity index (χ4v) is 3.68. The van der Waals surface area contributed by atoms with Crippen LogP contribution in [0.2, 0.25) is 0 Å².